The number of hydrogen-bond acceptors (Lipinski definition) is 5. The lowest BCUT2D eigenvalue weighted by molar-refractivity contribution is -0.129. The Kier molecular flexibility index (Phi) is 7.99. The average molecular weight is 391 g/mol. The predicted octanol–water partition coefficient (Wildman–Crippen LogP) is 4.12. The zero-order valence-electron chi connectivity index (χ0n) is 16.9. The van der Waals surface area contributed by atoms with Crippen LogP contribution in [0.4, 0.5) is 5.69 Å². The Balaban J connectivity index is 2.11. The van der Waals surface area contributed by atoms with Crippen LogP contribution in [0, 0.1) is 11.3 Å². The topological polar surface area (TPSA) is 82.4 Å². The summed E-state index contributed by atoms with van der Waals surface area (Å²) in [4.78, 5) is 26.2. The van der Waals surface area contributed by atoms with Gasteiger partial charge in [-0.1, -0.05) is 30.3 Å². The Morgan fingerprint density at radius 1 is 1.14 bits per heavy atom. The van der Waals surface area contributed by atoms with Crippen molar-refractivity contribution < 1.29 is 14.3 Å². The minimum atomic E-state index is -0.393. The van der Waals surface area contributed by atoms with E-state index in [4.69, 9.17) is 4.74 Å². The fourth-order valence-electron chi connectivity index (χ4n) is 2.64. The Morgan fingerprint density at radius 3 is 2.34 bits per heavy atom. The molecule has 0 saturated heterocycles. The summed E-state index contributed by atoms with van der Waals surface area (Å²) in [5.74, 6) is -0.738. The number of hydrogen-bond donors (Lipinski definition) is 1. The molecular formula is C23H25N3O3. The highest BCUT2D eigenvalue weighted by atomic mass is 16.5. The number of rotatable bonds is 8. The van der Waals surface area contributed by atoms with Crippen molar-refractivity contribution in [3.8, 4) is 6.07 Å². The minimum absolute atomic E-state index is 0.00380. The van der Waals surface area contributed by atoms with Gasteiger partial charge in [0.25, 0.3) is 5.91 Å². The number of amides is 1. The first-order chi connectivity index (χ1) is 14.0. The molecule has 0 aliphatic heterocycles. The van der Waals surface area contributed by atoms with Crippen molar-refractivity contribution in [2.75, 3.05) is 11.9 Å². The van der Waals surface area contributed by atoms with Gasteiger partial charge in [0.1, 0.15) is 11.6 Å². The van der Waals surface area contributed by atoms with E-state index in [0.29, 0.717) is 24.4 Å². The Hall–Kier alpha value is -3.59. The number of nitrogens with zero attached hydrogens (tertiary/aromatic N) is 2. The summed E-state index contributed by atoms with van der Waals surface area (Å²) in [7, 11) is 0. The lowest BCUT2D eigenvalue weighted by atomic mass is 10.1. The molecule has 0 fully saturated rings. The summed E-state index contributed by atoms with van der Waals surface area (Å²) in [5.41, 5.74) is 2.09. The molecule has 2 rings (SSSR count). The SMILES string of the molecule is CCOC(=O)c1ccc(N/C=C(/C#N)C(=O)N(Cc2ccccc2)C(C)C)cc1. The zero-order valence-corrected chi connectivity index (χ0v) is 16.9. The van der Waals surface area contributed by atoms with Crippen molar-refractivity contribution in [2.24, 2.45) is 0 Å². The van der Waals surface area contributed by atoms with Crippen molar-refractivity contribution in [1.82, 2.24) is 4.90 Å². The van der Waals surface area contributed by atoms with Crippen LogP contribution in [-0.2, 0) is 16.1 Å². The van der Waals surface area contributed by atoms with E-state index in [2.05, 4.69) is 5.32 Å². The number of nitriles is 1. The van der Waals surface area contributed by atoms with Crippen LogP contribution < -0.4 is 5.32 Å². The van der Waals surface area contributed by atoms with E-state index in [9.17, 15) is 14.9 Å². The normalized spacial score (nSPS) is 10.9. The van der Waals surface area contributed by atoms with E-state index in [-0.39, 0.29) is 17.5 Å². The van der Waals surface area contributed by atoms with Gasteiger partial charge in [-0.3, -0.25) is 4.79 Å². The number of carbonyl (C=O) groups is 2. The van der Waals surface area contributed by atoms with Gasteiger partial charge < -0.3 is 15.0 Å². The maximum Gasteiger partial charge on any atom is 0.338 e. The second-order valence-corrected chi connectivity index (χ2v) is 6.62. The van der Waals surface area contributed by atoms with E-state index < -0.39 is 5.97 Å². The molecule has 0 spiro atoms. The minimum Gasteiger partial charge on any atom is -0.462 e. The lowest BCUT2D eigenvalue weighted by Gasteiger charge is -2.26. The number of carbonyl (C=O) groups excluding carboxylic acids is 2. The Bertz CT molecular complexity index is 897. The van der Waals surface area contributed by atoms with Gasteiger partial charge in [-0.25, -0.2) is 4.79 Å². The monoisotopic (exact) mass is 391 g/mol. The van der Waals surface area contributed by atoms with Gasteiger partial charge >= 0.3 is 5.97 Å². The molecule has 29 heavy (non-hydrogen) atoms. The molecule has 0 bridgehead atoms. The molecule has 1 amide bonds. The van der Waals surface area contributed by atoms with Crippen LogP contribution in [0.5, 0.6) is 0 Å². The summed E-state index contributed by atoms with van der Waals surface area (Å²) in [6.07, 6.45) is 1.39. The van der Waals surface area contributed by atoms with Crippen molar-refractivity contribution >= 4 is 17.6 Å². The van der Waals surface area contributed by atoms with Crippen molar-refractivity contribution in [2.45, 2.75) is 33.4 Å². The maximum atomic E-state index is 12.9. The first kappa shape index (κ1) is 21.7. The van der Waals surface area contributed by atoms with Crippen LogP contribution in [0.3, 0.4) is 0 Å². The van der Waals surface area contributed by atoms with Crippen molar-refractivity contribution in [3.63, 3.8) is 0 Å². The van der Waals surface area contributed by atoms with E-state index in [1.807, 2.05) is 50.2 Å². The van der Waals surface area contributed by atoms with E-state index >= 15 is 0 Å². The molecule has 2 aromatic carbocycles. The number of nitrogens with one attached hydrogen (secondary N) is 1. The van der Waals surface area contributed by atoms with Crippen LogP contribution in [0.2, 0.25) is 0 Å². The lowest BCUT2D eigenvalue weighted by Crippen LogP contribution is -2.37. The third-order valence-corrected chi connectivity index (χ3v) is 4.21. The van der Waals surface area contributed by atoms with Gasteiger partial charge in [0.05, 0.1) is 12.2 Å². The molecule has 0 radical (unpaired) electrons. The molecule has 0 aliphatic rings. The summed E-state index contributed by atoms with van der Waals surface area (Å²) < 4.78 is 4.95. The molecule has 1 N–H and O–H groups in total. The maximum absolute atomic E-state index is 12.9. The summed E-state index contributed by atoms with van der Waals surface area (Å²) >= 11 is 0. The van der Waals surface area contributed by atoms with Crippen molar-refractivity contribution in [1.29, 1.82) is 5.26 Å². The zero-order chi connectivity index (χ0) is 21.2. The van der Waals surface area contributed by atoms with E-state index in [1.54, 1.807) is 36.1 Å². The van der Waals surface area contributed by atoms with E-state index in [1.165, 1.54) is 6.20 Å². The van der Waals surface area contributed by atoms with Gasteiger partial charge in [-0.05, 0) is 50.6 Å². The molecule has 150 valence electrons. The fourth-order valence-corrected chi connectivity index (χ4v) is 2.64. The smallest absolute Gasteiger partial charge is 0.338 e. The first-order valence-corrected chi connectivity index (χ1v) is 9.45. The third kappa shape index (κ3) is 6.22. The molecule has 6 heteroatoms. The molecule has 0 unspecified atom stereocenters. The average Bonchev–Trinajstić information content (AvgIpc) is 2.73. The molecule has 0 saturated carbocycles. The van der Waals surface area contributed by atoms with Crippen LogP contribution in [0.1, 0.15) is 36.7 Å². The van der Waals surface area contributed by atoms with Gasteiger partial charge in [0.2, 0.25) is 0 Å². The number of anilines is 1. The molecule has 2 aromatic rings. The van der Waals surface area contributed by atoms with Gasteiger partial charge in [-0.15, -0.1) is 0 Å². The summed E-state index contributed by atoms with van der Waals surface area (Å²) in [6.45, 7) is 6.31. The number of benzene rings is 2. The van der Waals surface area contributed by atoms with Crippen molar-refractivity contribution in [3.05, 3.63) is 77.5 Å². The van der Waals surface area contributed by atoms with Crippen LogP contribution in [0.25, 0.3) is 0 Å². The van der Waals surface area contributed by atoms with Crippen LogP contribution in [-0.4, -0.2) is 29.4 Å². The summed E-state index contributed by atoms with van der Waals surface area (Å²) in [5, 5.41) is 12.4. The van der Waals surface area contributed by atoms with Gasteiger partial charge in [-0.2, -0.15) is 5.26 Å². The van der Waals surface area contributed by atoms with Gasteiger partial charge in [0.15, 0.2) is 0 Å². The fraction of sp³-hybridized carbons (Fsp3) is 0.261. The number of esters is 1. The molecule has 0 aliphatic carbocycles. The first-order valence-electron chi connectivity index (χ1n) is 9.45. The molecular weight excluding hydrogens is 366 g/mol. The molecule has 0 heterocycles. The highest BCUT2D eigenvalue weighted by molar-refractivity contribution is 5.97. The Labute approximate surface area is 171 Å². The molecule has 0 atom stereocenters. The van der Waals surface area contributed by atoms with Crippen LogP contribution >= 0.6 is 0 Å². The quantitative estimate of drug-likeness (QED) is 0.416. The summed E-state index contributed by atoms with van der Waals surface area (Å²) in [6, 6.07) is 18.2. The van der Waals surface area contributed by atoms with E-state index in [0.717, 1.165) is 5.56 Å². The molecule has 6 nitrogen and oxygen atoms in total. The Morgan fingerprint density at radius 2 is 1.79 bits per heavy atom. The second kappa shape index (κ2) is 10.7. The highest BCUT2D eigenvalue weighted by Gasteiger charge is 2.21. The largest absolute Gasteiger partial charge is 0.462 e. The predicted molar refractivity (Wildman–Crippen MR) is 112 cm³/mol. The van der Waals surface area contributed by atoms with Crippen LogP contribution in [0.15, 0.2) is 66.4 Å². The second-order valence-electron chi connectivity index (χ2n) is 6.62. The standard InChI is InChI=1S/C23H25N3O3/c1-4-29-23(28)19-10-12-21(13-11-19)25-15-20(14-24)22(27)26(17(2)3)16-18-8-6-5-7-9-18/h5-13,15,17,25H,4,16H2,1-3H3/b20-15-. The highest BCUT2D eigenvalue weighted by Crippen LogP contribution is 2.14. The number of ether oxygens (including phenoxy) is 1. The third-order valence-electron chi connectivity index (χ3n) is 4.21. The van der Waals surface area contributed by atoms with Gasteiger partial charge in [0, 0.05) is 24.5 Å². The molecule has 0 aromatic heterocycles.